The third-order valence-corrected chi connectivity index (χ3v) is 5.20. The van der Waals surface area contributed by atoms with E-state index in [1.165, 1.54) is 18.2 Å². The zero-order valence-corrected chi connectivity index (χ0v) is 12.6. The minimum absolute atomic E-state index is 0.0465. The molecule has 2 rings (SSSR count). The maximum Gasteiger partial charge on any atom is 0.242 e. The van der Waals surface area contributed by atoms with Gasteiger partial charge < -0.3 is 5.73 Å². The Kier molecular flexibility index (Phi) is 4.15. The van der Waals surface area contributed by atoms with E-state index >= 15 is 0 Å². The summed E-state index contributed by atoms with van der Waals surface area (Å²) in [4.78, 5) is 2.14. The van der Waals surface area contributed by atoms with E-state index in [1.54, 1.807) is 11.3 Å². The van der Waals surface area contributed by atoms with Crippen LogP contribution in [0.15, 0.2) is 35.2 Å². The van der Waals surface area contributed by atoms with Crippen LogP contribution in [-0.2, 0) is 16.6 Å². The van der Waals surface area contributed by atoms with Gasteiger partial charge in [0.05, 0.1) is 5.69 Å². The number of thiophene rings is 1. The molecular formula is C12H13ClN2O2S2. The smallest absolute Gasteiger partial charge is 0.242 e. The van der Waals surface area contributed by atoms with Crippen LogP contribution < -0.4 is 10.5 Å². The highest BCUT2D eigenvalue weighted by molar-refractivity contribution is 7.89. The van der Waals surface area contributed by atoms with Crippen LogP contribution in [0.5, 0.6) is 0 Å². The molecule has 0 spiro atoms. The first-order chi connectivity index (χ1) is 8.88. The lowest BCUT2D eigenvalue weighted by molar-refractivity contribution is 0.582. The van der Waals surface area contributed by atoms with Gasteiger partial charge in [-0.1, -0.05) is 11.6 Å². The molecule has 0 saturated carbocycles. The van der Waals surface area contributed by atoms with Crippen molar-refractivity contribution in [2.24, 2.45) is 0 Å². The number of aryl methyl sites for hydroxylation is 1. The summed E-state index contributed by atoms with van der Waals surface area (Å²) in [6.45, 7) is 2.22. The van der Waals surface area contributed by atoms with Gasteiger partial charge in [-0.2, -0.15) is 0 Å². The minimum atomic E-state index is -3.62. The summed E-state index contributed by atoms with van der Waals surface area (Å²) in [5.41, 5.74) is 5.82. The summed E-state index contributed by atoms with van der Waals surface area (Å²) in [6, 6.07) is 8.17. The fraction of sp³-hybridized carbons (Fsp3) is 0.167. The van der Waals surface area contributed by atoms with E-state index in [4.69, 9.17) is 17.3 Å². The largest absolute Gasteiger partial charge is 0.398 e. The van der Waals surface area contributed by atoms with Crippen molar-refractivity contribution in [3.8, 4) is 0 Å². The van der Waals surface area contributed by atoms with Gasteiger partial charge in [-0.15, -0.1) is 11.3 Å². The summed E-state index contributed by atoms with van der Waals surface area (Å²) in [7, 11) is -3.62. The number of anilines is 1. The van der Waals surface area contributed by atoms with Gasteiger partial charge in [0.25, 0.3) is 0 Å². The van der Waals surface area contributed by atoms with E-state index in [1.807, 2.05) is 19.1 Å². The molecule has 102 valence electrons. The van der Waals surface area contributed by atoms with Crippen LogP contribution in [0.25, 0.3) is 0 Å². The number of hydrogen-bond acceptors (Lipinski definition) is 4. The number of hydrogen-bond donors (Lipinski definition) is 2. The molecule has 0 bridgehead atoms. The Hall–Kier alpha value is -1.08. The first-order valence-electron chi connectivity index (χ1n) is 5.48. The van der Waals surface area contributed by atoms with E-state index in [2.05, 4.69) is 4.72 Å². The zero-order chi connectivity index (χ0) is 14.0. The van der Waals surface area contributed by atoms with Crippen molar-refractivity contribution in [1.29, 1.82) is 0 Å². The Bertz CT molecular complexity index is 696. The lowest BCUT2D eigenvalue weighted by atomic mass is 10.3. The van der Waals surface area contributed by atoms with Crippen LogP contribution in [0.2, 0.25) is 5.02 Å². The monoisotopic (exact) mass is 316 g/mol. The zero-order valence-electron chi connectivity index (χ0n) is 10.2. The van der Waals surface area contributed by atoms with Crippen molar-refractivity contribution in [1.82, 2.24) is 4.72 Å². The maximum absolute atomic E-state index is 12.1. The van der Waals surface area contributed by atoms with Crippen molar-refractivity contribution >= 4 is 38.6 Å². The van der Waals surface area contributed by atoms with Crippen LogP contribution in [0, 0.1) is 6.92 Å². The van der Waals surface area contributed by atoms with Gasteiger partial charge in [0, 0.05) is 21.3 Å². The number of sulfonamides is 1. The van der Waals surface area contributed by atoms with Crippen molar-refractivity contribution in [2.75, 3.05) is 5.73 Å². The third kappa shape index (κ3) is 3.48. The first-order valence-corrected chi connectivity index (χ1v) is 8.16. The topological polar surface area (TPSA) is 72.2 Å². The number of nitrogens with one attached hydrogen (secondary N) is 1. The van der Waals surface area contributed by atoms with Gasteiger partial charge in [-0.25, -0.2) is 13.1 Å². The molecule has 2 aromatic rings. The van der Waals surface area contributed by atoms with Crippen LogP contribution in [0.3, 0.4) is 0 Å². The average molecular weight is 317 g/mol. The van der Waals surface area contributed by atoms with Crippen molar-refractivity contribution in [2.45, 2.75) is 18.4 Å². The van der Waals surface area contributed by atoms with Crippen molar-refractivity contribution < 1.29 is 8.42 Å². The molecule has 0 atom stereocenters. The van der Waals surface area contributed by atoms with E-state index in [0.717, 1.165) is 9.75 Å². The molecule has 1 aromatic carbocycles. The molecular weight excluding hydrogens is 304 g/mol. The molecule has 0 fully saturated rings. The molecule has 19 heavy (non-hydrogen) atoms. The van der Waals surface area contributed by atoms with Crippen LogP contribution in [0.1, 0.15) is 9.75 Å². The molecule has 0 aliphatic rings. The van der Waals surface area contributed by atoms with E-state index < -0.39 is 10.0 Å². The summed E-state index contributed by atoms with van der Waals surface area (Å²) >= 11 is 7.30. The fourth-order valence-corrected chi connectivity index (χ4v) is 3.81. The predicted molar refractivity (Wildman–Crippen MR) is 78.9 cm³/mol. The first kappa shape index (κ1) is 14.3. The summed E-state index contributed by atoms with van der Waals surface area (Å²) in [5, 5.41) is 0.408. The Labute approximate surface area is 121 Å². The van der Waals surface area contributed by atoms with Crippen molar-refractivity contribution in [3.63, 3.8) is 0 Å². The standard InChI is InChI=1S/C12H13ClN2O2S2/c1-8-2-4-10(18-8)7-15-19(16,17)12-5-3-9(13)6-11(12)14/h2-6,15H,7,14H2,1H3. The predicted octanol–water partition coefficient (Wildman–Crippen LogP) is 2.77. The Morgan fingerprint density at radius 2 is 2.05 bits per heavy atom. The average Bonchev–Trinajstić information content (AvgIpc) is 2.72. The van der Waals surface area contributed by atoms with Gasteiger partial charge in [-0.3, -0.25) is 0 Å². The van der Waals surface area contributed by atoms with E-state index in [0.29, 0.717) is 5.02 Å². The van der Waals surface area contributed by atoms with Gasteiger partial charge in [0.2, 0.25) is 10.0 Å². The summed E-state index contributed by atoms with van der Waals surface area (Å²) in [5.74, 6) is 0. The second kappa shape index (κ2) is 5.50. The number of rotatable bonds is 4. The molecule has 0 aliphatic carbocycles. The molecule has 0 radical (unpaired) electrons. The van der Waals surface area contributed by atoms with Crippen LogP contribution >= 0.6 is 22.9 Å². The van der Waals surface area contributed by atoms with Crippen LogP contribution in [-0.4, -0.2) is 8.42 Å². The normalized spacial score (nSPS) is 11.7. The quantitative estimate of drug-likeness (QED) is 0.852. The summed E-state index contributed by atoms with van der Waals surface area (Å²) in [6.07, 6.45) is 0. The molecule has 1 heterocycles. The minimum Gasteiger partial charge on any atom is -0.398 e. The molecule has 3 N–H and O–H groups in total. The molecule has 0 amide bonds. The molecule has 4 nitrogen and oxygen atoms in total. The van der Waals surface area contributed by atoms with Gasteiger partial charge in [0.1, 0.15) is 4.90 Å². The van der Waals surface area contributed by atoms with E-state index in [9.17, 15) is 8.42 Å². The Balaban J connectivity index is 2.18. The number of nitrogens with two attached hydrogens (primary N) is 1. The Morgan fingerprint density at radius 1 is 1.32 bits per heavy atom. The highest BCUT2D eigenvalue weighted by Crippen LogP contribution is 2.23. The lowest BCUT2D eigenvalue weighted by Gasteiger charge is -2.08. The van der Waals surface area contributed by atoms with Crippen molar-refractivity contribution in [3.05, 3.63) is 45.1 Å². The van der Waals surface area contributed by atoms with Gasteiger partial charge >= 0.3 is 0 Å². The second-order valence-corrected chi connectivity index (χ2v) is 7.56. The highest BCUT2D eigenvalue weighted by Gasteiger charge is 2.17. The fourth-order valence-electron chi connectivity index (χ4n) is 1.59. The lowest BCUT2D eigenvalue weighted by Crippen LogP contribution is -2.23. The molecule has 0 saturated heterocycles. The van der Waals surface area contributed by atoms with E-state index in [-0.39, 0.29) is 17.1 Å². The molecule has 0 unspecified atom stereocenters. The van der Waals surface area contributed by atoms with Gasteiger partial charge in [-0.05, 0) is 37.3 Å². The second-order valence-electron chi connectivity index (χ2n) is 4.02. The SMILES string of the molecule is Cc1ccc(CNS(=O)(=O)c2ccc(Cl)cc2N)s1. The number of halogens is 1. The van der Waals surface area contributed by atoms with Crippen LogP contribution in [0.4, 0.5) is 5.69 Å². The summed E-state index contributed by atoms with van der Waals surface area (Å²) < 4.78 is 26.8. The molecule has 0 aliphatic heterocycles. The van der Waals surface area contributed by atoms with Gasteiger partial charge in [0.15, 0.2) is 0 Å². The highest BCUT2D eigenvalue weighted by atomic mass is 35.5. The third-order valence-electron chi connectivity index (χ3n) is 2.49. The number of benzene rings is 1. The maximum atomic E-state index is 12.1. The number of nitrogen functional groups attached to an aromatic ring is 1. The molecule has 1 aromatic heterocycles. The molecule has 7 heteroatoms. The Morgan fingerprint density at radius 3 is 2.63 bits per heavy atom.